The molecule has 1 aromatic rings. The van der Waals surface area contributed by atoms with E-state index in [4.69, 9.17) is 4.74 Å². The third-order valence-electron chi connectivity index (χ3n) is 4.05. The lowest BCUT2D eigenvalue weighted by Gasteiger charge is -2.30. The summed E-state index contributed by atoms with van der Waals surface area (Å²) in [5, 5.41) is 2.75. The Hall–Kier alpha value is -1.32. The van der Waals surface area contributed by atoms with E-state index in [1.54, 1.807) is 0 Å². The van der Waals surface area contributed by atoms with Gasteiger partial charge in [-0.3, -0.25) is 4.79 Å². The summed E-state index contributed by atoms with van der Waals surface area (Å²) < 4.78 is 55.7. The number of rotatable bonds is 3. The van der Waals surface area contributed by atoms with Gasteiger partial charge >= 0.3 is 6.18 Å². The molecule has 1 fully saturated rings. The summed E-state index contributed by atoms with van der Waals surface area (Å²) >= 11 is -1.33. The molecule has 0 saturated carbocycles. The molecule has 4 unspecified atom stereocenters. The van der Waals surface area contributed by atoms with Crippen molar-refractivity contribution < 1.29 is 27.3 Å². The SMILES string of the molecule is CC1CC(C(=O)Nc2ccnc([S+](C)[O-])c2)OC1(C)C(F)(F)F. The number of hydrogen-bond acceptors (Lipinski definition) is 4. The van der Waals surface area contributed by atoms with Crippen LogP contribution in [0.1, 0.15) is 20.3 Å². The number of hydrogen-bond donors (Lipinski definition) is 1. The molecule has 0 radical (unpaired) electrons. The molecule has 9 heteroatoms. The molecule has 128 valence electrons. The van der Waals surface area contributed by atoms with Crippen LogP contribution in [0.2, 0.25) is 0 Å². The van der Waals surface area contributed by atoms with Gasteiger partial charge in [0.05, 0.1) is 0 Å². The second kappa shape index (κ2) is 6.29. The van der Waals surface area contributed by atoms with Crippen LogP contribution in [0.3, 0.4) is 0 Å². The first-order chi connectivity index (χ1) is 10.5. The molecular weight excluding hydrogens is 333 g/mol. The number of alkyl halides is 3. The molecule has 4 atom stereocenters. The second-order valence-corrected chi connectivity index (χ2v) is 7.00. The summed E-state index contributed by atoms with van der Waals surface area (Å²) in [6.45, 7) is 2.36. The van der Waals surface area contributed by atoms with Crippen molar-refractivity contribution >= 4 is 22.8 Å². The monoisotopic (exact) mass is 350 g/mol. The summed E-state index contributed by atoms with van der Waals surface area (Å²) in [4.78, 5) is 16.0. The van der Waals surface area contributed by atoms with Crippen molar-refractivity contribution in [2.24, 2.45) is 5.92 Å². The van der Waals surface area contributed by atoms with Gasteiger partial charge in [-0.2, -0.15) is 13.2 Å². The van der Waals surface area contributed by atoms with E-state index in [9.17, 15) is 22.5 Å². The van der Waals surface area contributed by atoms with E-state index in [2.05, 4.69) is 10.3 Å². The lowest BCUT2D eigenvalue weighted by molar-refractivity contribution is -0.272. The van der Waals surface area contributed by atoms with Crippen LogP contribution in [-0.2, 0) is 20.7 Å². The normalized spacial score (nSPS) is 29.3. The Morgan fingerprint density at radius 3 is 2.74 bits per heavy atom. The fourth-order valence-electron chi connectivity index (χ4n) is 2.38. The van der Waals surface area contributed by atoms with Gasteiger partial charge < -0.3 is 14.6 Å². The van der Waals surface area contributed by atoms with Crippen molar-refractivity contribution in [3.05, 3.63) is 18.3 Å². The van der Waals surface area contributed by atoms with E-state index in [-0.39, 0.29) is 11.4 Å². The van der Waals surface area contributed by atoms with E-state index in [1.165, 1.54) is 31.5 Å². The predicted octanol–water partition coefficient (Wildman–Crippen LogP) is 2.50. The molecule has 2 rings (SSSR count). The van der Waals surface area contributed by atoms with Crippen LogP contribution in [0.15, 0.2) is 23.4 Å². The van der Waals surface area contributed by atoms with Gasteiger partial charge in [0.25, 0.3) is 5.91 Å². The van der Waals surface area contributed by atoms with Crippen LogP contribution >= 0.6 is 0 Å². The number of ether oxygens (including phenoxy) is 1. The molecule has 1 aliphatic heterocycles. The quantitative estimate of drug-likeness (QED) is 0.850. The maximum Gasteiger partial charge on any atom is 0.417 e. The lowest BCUT2D eigenvalue weighted by atomic mass is 9.89. The van der Waals surface area contributed by atoms with E-state index in [1.807, 2.05) is 0 Å². The molecule has 0 spiro atoms. The third kappa shape index (κ3) is 3.61. The number of nitrogens with one attached hydrogen (secondary N) is 1. The van der Waals surface area contributed by atoms with Crippen LogP contribution in [0.25, 0.3) is 0 Å². The van der Waals surface area contributed by atoms with Crippen molar-refractivity contribution in [2.75, 3.05) is 11.6 Å². The molecule has 0 aliphatic carbocycles. The summed E-state index contributed by atoms with van der Waals surface area (Å²) in [7, 11) is 0. The molecule has 1 N–H and O–H groups in total. The summed E-state index contributed by atoms with van der Waals surface area (Å²) in [6.07, 6.45) is -2.97. The highest BCUT2D eigenvalue weighted by atomic mass is 32.2. The average molecular weight is 350 g/mol. The van der Waals surface area contributed by atoms with Crippen molar-refractivity contribution in [3.63, 3.8) is 0 Å². The molecule has 5 nitrogen and oxygen atoms in total. The Kier molecular flexibility index (Phi) is 4.93. The topological polar surface area (TPSA) is 74.3 Å². The van der Waals surface area contributed by atoms with E-state index >= 15 is 0 Å². The van der Waals surface area contributed by atoms with Gasteiger partial charge in [-0.25, -0.2) is 4.98 Å². The van der Waals surface area contributed by atoms with Crippen molar-refractivity contribution in [1.82, 2.24) is 4.98 Å². The molecule has 1 aromatic heterocycles. The fourth-order valence-corrected chi connectivity index (χ4v) is 2.88. The minimum atomic E-state index is -4.55. The second-order valence-electron chi connectivity index (χ2n) is 5.67. The number of carbonyl (C=O) groups is 1. The Labute approximate surface area is 134 Å². The van der Waals surface area contributed by atoms with E-state index in [0.29, 0.717) is 5.69 Å². The number of pyridine rings is 1. The Bertz CT molecular complexity index is 597. The minimum Gasteiger partial charge on any atom is -0.610 e. The summed E-state index contributed by atoms with van der Waals surface area (Å²) in [6, 6.07) is 2.88. The molecule has 0 aromatic carbocycles. The Morgan fingerprint density at radius 1 is 1.57 bits per heavy atom. The van der Waals surface area contributed by atoms with Gasteiger partial charge in [-0.05, 0) is 25.3 Å². The number of carbonyl (C=O) groups excluding carboxylic acids is 1. The maximum atomic E-state index is 13.1. The van der Waals surface area contributed by atoms with Crippen molar-refractivity contribution in [3.8, 4) is 0 Å². The molecule has 1 amide bonds. The fraction of sp³-hybridized carbons (Fsp3) is 0.571. The van der Waals surface area contributed by atoms with Crippen LogP contribution in [0.4, 0.5) is 18.9 Å². The number of aromatic nitrogens is 1. The highest BCUT2D eigenvalue weighted by Gasteiger charge is 2.61. The van der Waals surface area contributed by atoms with Gasteiger partial charge in [0, 0.05) is 29.1 Å². The van der Waals surface area contributed by atoms with Crippen molar-refractivity contribution in [2.45, 2.75) is 43.2 Å². The predicted molar refractivity (Wildman–Crippen MR) is 78.3 cm³/mol. The maximum absolute atomic E-state index is 13.1. The Balaban J connectivity index is 2.10. The Morgan fingerprint density at radius 2 is 2.22 bits per heavy atom. The molecule has 2 heterocycles. The van der Waals surface area contributed by atoms with Gasteiger partial charge in [0.2, 0.25) is 5.03 Å². The van der Waals surface area contributed by atoms with E-state index in [0.717, 1.165) is 6.92 Å². The van der Waals surface area contributed by atoms with Gasteiger partial charge in [-0.1, -0.05) is 6.92 Å². The standard InChI is InChI=1S/C14H17F3N2O3S/c1-8-6-10(22-13(8,2)14(15,16)17)12(20)19-9-4-5-18-11(7-9)23(3)21/h4-5,7-8,10H,6H2,1-3H3,(H,18,19,20). The van der Waals surface area contributed by atoms with Crippen LogP contribution in [0, 0.1) is 5.92 Å². The van der Waals surface area contributed by atoms with E-state index < -0.39 is 40.9 Å². The molecular formula is C14H17F3N2O3S. The number of amides is 1. The minimum absolute atomic E-state index is 0.0283. The number of halogens is 3. The molecule has 23 heavy (non-hydrogen) atoms. The molecule has 1 aliphatic rings. The zero-order valence-corrected chi connectivity index (χ0v) is 13.6. The van der Waals surface area contributed by atoms with Crippen LogP contribution < -0.4 is 5.32 Å². The first kappa shape index (κ1) is 18.0. The number of anilines is 1. The average Bonchev–Trinajstić information content (AvgIpc) is 2.76. The van der Waals surface area contributed by atoms with Gasteiger partial charge in [0.15, 0.2) is 5.60 Å². The first-order valence-corrected chi connectivity index (χ1v) is 8.45. The number of nitrogens with zero attached hydrogens (tertiary/aromatic N) is 1. The van der Waals surface area contributed by atoms with Gasteiger partial charge in [0.1, 0.15) is 12.4 Å². The highest BCUT2D eigenvalue weighted by molar-refractivity contribution is 7.90. The first-order valence-electron chi connectivity index (χ1n) is 6.89. The zero-order chi connectivity index (χ0) is 17.4. The van der Waals surface area contributed by atoms with Crippen LogP contribution in [0.5, 0.6) is 0 Å². The zero-order valence-electron chi connectivity index (χ0n) is 12.8. The largest absolute Gasteiger partial charge is 0.610 e. The molecule has 0 bridgehead atoms. The third-order valence-corrected chi connectivity index (χ3v) is 4.86. The summed E-state index contributed by atoms with van der Waals surface area (Å²) in [5.74, 6) is -1.50. The highest BCUT2D eigenvalue weighted by Crippen LogP contribution is 2.46. The van der Waals surface area contributed by atoms with Crippen molar-refractivity contribution in [1.29, 1.82) is 0 Å². The molecule has 1 saturated heterocycles. The van der Waals surface area contributed by atoms with Crippen LogP contribution in [-0.4, -0.2) is 39.6 Å². The summed E-state index contributed by atoms with van der Waals surface area (Å²) in [5.41, 5.74) is -2.03. The lowest BCUT2D eigenvalue weighted by Crippen LogP contribution is -2.47. The smallest absolute Gasteiger partial charge is 0.417 e. The van der Waals surface area contributed by atoms with Gasteiger partial charge in [-0.15, -0.1) is 0 Å².